The van der Waals surface area contributed by atoms with Crippen LogP contribution in [0.4, 0.5) is 0 Å². The quantitative estimate of drug-likeness (QED) is 0.781. The van der Waals surface area contributed by atoms with Gasteiger partial charge in [-0.15, -0.1) is 0 Å². The third kappa shape index (κ3) is 3.52. The lowest BCUT2D eigenvalue weighted by Gasteiger charge is -2.38. The summed E-state index contributed by atoms with van der Waals surface area (Å²) in [7, 11) is 1.39. The summed E-state index contributed by atoms with van der Waals surface area (Å²) >= 11 is 0. The molecule has 0 aromatic carbocycles. The number of piperidine rings is 1. The van der Waals surface area contributed by atoms with Crippen molar-refractivity contribution in [2.75, 3.05) is 20.2 Å². The van der Waals surface area contributed by atoms with E-state index in [2.05, 4.69) is 9.88 Å². The number of carbonyl (C=O) groups is 2. The van der Waals surface area contributed by atoms with Crippen LogP contribution in [0.15, 0.2) is 24.5 Å². The van der Waals surface area contributed by atoms with Gasteiger partial charge in [-0.05, 0) is 37.0 Å². The number of ether oxygens (including phenoxy) is 1. The summed E-state index contributed by atoms with van der Waals surface area (Å²) in [4.78, 5) is 32.3. The Balaban J connectivity index is 1.57. The summed E-state index contributed by atoms with van der Waals surface area (Å²) < 4.78 is 4.85. The normalized spacial score (nSPS) is 23.3. The summed E-state index contributed by atoms with van der Waals surface area (Å²) in [5, 5.41) is 0. The van der Waals surface area contributed by atoms with E-state index in [1.54, 1.807) is 4.90 Å². The number of nitrogens with zero attached hydrogens (tertiary/aromatic N) is 3. The van der Waals surface area contributed by atoms with E-state index >= 15 is 0 Å². The van der Waals surface area contributed by atoms with Gasteiger partial charge in [-0.2, -0.15) is 0 Å². The number of hydrogen-bond donors (Lipinski definition) is 0. The Morgan fingerprint density at radius 2 is 1.96 bits per heavy atom. The van der Waals surface area contributed by atoms with Crippen LogP contribution in [0.5, 0.6) is 0 Å². The van der Waals surface area contributed by atoms with Crippen LogP contribution in [-0.2, 0) is 20.9 Å². The molecule has 1 amide bonds. The maximum atomic E-state index is 12.2. The lowest BCUT2D eigenvalue weighted by Crippen LogP contribution is -2.50. The summed E-state index contributed by atoms with van der Waals surface area (Å²) in [6.07, 6.45) is 6.48. The fourth-order valence-corrected chi connectivity index (χ4v) is 3.63. The van der Waals surface area contributed by atoms with Crippen molar-refractivity contribution in [2.24, 2.45) is 0 Å². The molecule has 2 fully saturated rings. The van der Waals surface area contributed by atoms with Gasteiger partial charge in [-0.1, -0.05) is 0 Å². The van der Waals surface area contributed by atoms with Crippen LogP contribution in [0, 0.1) is 0 Å². The van der Waals surface area contributed by atoms with Gasteiger partial charge < -0.3 is 9.64 Å². The Hall–Kier alpha value is -1.95. The number of methoxy groups -OCH3 is 1. The highest BCUT2D eigenvalue weighted by Crippen LogP contribution is 2.28. The van der Waals surface area contributed by atoms with E-state index in [1.165, 1.54) is 12.7 Å². The van der Waals surface area contributed by atoms with Crippen molar-refractivity contribution in [1.82, 2.24) is 14.8 Å². The summed E-state index contributed by atoms with van der Waals surface area (Å²) in [6.45, 7) is 2.78. The SMILES string of the molecule is COC(=O)C1CCC(=O)N1C1CCN(Cc2ccncc2)CC1. The van der Waals surface area contributed by atoms with Crippen LogP contribution in [0.1, 0.15) is 31.2 Å². The van der Waals surface area contributed by atoms with E-state index in [-0.39, 0.29) is 24.0 Å². The zero-order chi connectivity index (χ0) is 16.2. The van der Waals surface area contributed by atoms with Gasteiger partial charge in [0.25, 0.3) is 0 Å². The fourth-order valence-electron chi connectivity index (χ4n) is 3.63. The second-order valence-corrected chi connectivity index (χ2v) is 6.24. The number of hydrogen-bond acceptors (Lipinski definition) is 5. The highest BCUT2D eigenvalue weighted by atomic mass is 16.5. The topological polar surface area (TPSA) is 62.7 Å². The molecule has 0 saturated carbocycles. The number of amides is 1. The van der Waals surface area contributed by atoms with Crippen molar-refractivity contribution in [1.29, 1.82) is 0 Å². The van der Waals surface area contributed by atoms with Gasteiger partial charge in [0.1, 0.15) is 6.04 Å². The molecule has 23 heavy (non-hydrogen) atoms. The number of aromatic nitrogens is 1. The second-order valence-electron chi connectivity index (χ2n) is 6.24. The van der Waals surface area contributed by atoms with Gasteiger partial charge in [0.05, 0.1) is 7.11 Å². The van der Waals surface area contributed by atoms with Crippen LogP contribution in [-0.4, -0.2) is 58.9 Å². The Morgan fingerprint density at radius 3 is 2.61 bits per heavy atom. The molecule has 3 heterocycles. The minimum atomic E-state index is -0.385. The standard InChI is InChI=1S/C17H23N3O3/c1-23-17(22)15-2-3-16(21)20(15)14-6-10-19(11-7-14)12-13-4-8-18-9-5-13/h4-5,8-9,14-15H,2-3,6-7,10-12H2,1H3. The van der Waals surface area contributed by atoms with E-state index in [9.17, 15) is 9.59 Å². The molecule has 0 radical (unpaired) electrons. The van der Waals surface area contributed by atoms with Gasteiger partial charge in [0.2, 0.25) is 5.91 Å². The lowest BCUT2D eigenvalue weighted by molar-refractivity contribution is -0.151. The van der Waals surface area contributed by atoms with E-state index in [0.717, 1.165) is 32.5 Å². The molecule has 1 aromatic rings. The number of carbonyl (C=O) groups excluding carboxylic acids is 2. The Bertz CT molecular complexity index is 555. The van der Waals surface area contributed by atoms with Crippen molar-refractivity contribution in [3.8, 4) is 0 Å². The van der Waals surface area contributed by atoms with Crippen molar-refractivity contribution >= 4 is 11.9 Å². The molecule has 1 unspecified atom stereocenters. The molecular weight excluding hydrogens is 294 g/mol. The minimum Gasteiger partial charge on any atom is -0.467 e. The number of likely N-dealkylation sites (tertiary alicyclic amines) is 2. The van der Waals surface area contributed by atoms with E-state index in [0.29, 0.717) is 12.8 Å². The van der Waals surface area contributed by atoms with E-state index < -0.39 is 0 Å². The van der Waals surface area contributed by atoms with Crippen LogP contribution >= 0.6 is 0 Å². The fraction of sp³-hybridized carbons (Fsp3) is 0.588. The third-order valence-corrected chi connectivity index (χ3v) is 4.83. The molecule has 2 aliphatic rings. The molecule has 0 aliphatic carbocycles. The molecule has 0 bridgehead atoms. The number of esters is 1. The Morgan fingerprint density at radius 1 is 1.26 bits per heavy atom. The van der Waals surface area contributed by atoms with Gasteiger partial charge in [0.15, 0.2) is 0 Å². The molecule has 2 saturated heterocycles. The second kappa shape index (κ2) is 7.08. The Labute approximate surface area is 136 Å². The maximum absolute atomic E-state index is 12.2. The third-order valence-electron chi connectivity index (χ3n) is 4.83. The first kappa shape index (κ1) is 15.9. The Kier molecular flexibility index (Phi) is 4.91. The summed E-state index contributed by atoms with van der Waals surface area (Å²) in [5.41, 5.74) is 1.25. The summed E-state index contributed by atoms with van der Waals surface area (Å²) in [5.74, 6) is -0.192. The van der Waals surface area contributed by atoms with Crippen molar-refractivity contribution in [3.05, 3.63) is 30.1 Å². The van der Waals surface area contributed by atoms with Gasteiger partial charge in [-0.3, -0.25) is 14.7 Å². The molecule has 2 aliphatic heterocycles. The first-order valence-electron chi connectivity index (χ1n) is 8.19. The molecule has 0 spiro atoms. The van der Waals surface area contributed by atoms with Gasteiger partial charge in [-0.25, -0.2) is 4.79 Å². The molecule has 6 heteroatoms. The van der Waals surface area contributed by atoms with Crippen molar-refractivity contribution in [2.45, 2.75) is 44.3 Å². The monoisotopic (exact) mass is 317 g/mol. The lowest BCUT2D eigenvalue weighted by atomic mass is 10.0. The molecule has 1 aromatic heterocycles. The molecule has 124 valence electrons. The van der Waals surface area contributed by atoms with Crippen LogP contribution in [0.3, 0.4) is 0 Å². The van der Waals surface area contributed by atoms with Gasteiger partial charge in [0, 0.05) is 44.5 Å². The molecule has 6 nitrogen and oxygen atoms in total. The number of pyridine rings is 1. The maximum Gasteiger partial charge on any atom is 0.328 e. The van der Waals surface area contributed by atoms with E-state index in [1.807, 2.05) is 24.5 Å². The molecule has 3 rings (SSSR count). The highest BCUT2D eigenvalue weighted by Gasteiger charge is 2.41. The van der Waals surface area contributed by atoms with Crippen LogP contribution < -0.4 is 0 Å². The average Bonchev–Trinajstić information content (AvgIpc) is 2.97. The first-order chi connectivity index (χ1) is 11.2. The van der Waals surface area contributed by atoms with Crippen LogP contribution in [0.2, 0.25) is 0 Å². The van der Waals surface area contributed by atoms with Crippen molar-refractivity contribution in [3.63, 3.8) is 0 Å². The molecule has 1 atom stereocenters. The smallest absolute Gasteiger partial charge is 0.328 e. The highest BCUT2D eigenvalue weighted by molar-refractivity contribution is 5.88. The predicted molar refractivity (Wildman–Crippen MR) is 84.4 cm³/mol. The minimum absolute atomic E-state index is 0.0907. The average molecular weight is 317 g/mol. The largest absolute Gasteiger partial charge is 0.467 e. The molecular formula is C17H23N3O3. The molecule has 0 N–H and O–H groups in total. The predicted octanol–water partition coefficient (Wildman–Crippen LogP) is 1.21. The van der Waals surface area contributed by atoms with E-state index in [4.69, 9.17) is 4.74 Å². The summed E-state index contributed by atoms with van der Waals surface area (Å²) in [6, 6.07) is 3.83. The van der Waals surface area contributed by atoms with Crippen molar-refractivity contribution < 1.29 is 14.3 Å². The number of rotatable bonds is 4. The zero-order valence-corrected chi connectivity index (χ0v) is 13.5. The first-order valence-corrected chi connectivity index (χ1v) is 8.19. The zero-order valence-electron chi connectivity index (χ0n) is 13.5. The van der Waals surface area contributed by atoms with Crippen LogP contribution in [0.25, 0.3) is 0 Å². The van der Waals surface area contributed by atoms with Gasteiger partial charge >= 0.3 is 5.97 Å².